The third-order valence-corrected chi connectivity index (χ3v) is 5.07. The van der Waals surface area contributed by atoms with Crippen LogP contribution in [0.25, 0.3) is 0 Å². The van der Waals surface area contributed by atoms with E-state index in [1.807, 2.05) is 0 Å². The molecule has 0 amide bonds. The molecule has 2 rings (SSSR count). The Morgan fingerprint density at radius 2 is 1.53 bits per heavy atom. The number of methoxy groups -OCH3 is 3. The van der Waals surface area contributed by atoms with Crippen molar-refractivity contribution in [2.45, 2.75) is 49.5 Å². The molecule has 0 radical (unpaired) electrons. The summed E-state index contributed by atoms with van der Waals surface area (Å²) in [6.07, 6.45) is 5.13. The van der Waals surface area contributed by atoms with E-state index in [0.29, 0.717) is 12.6 Å². The van der Waals surface area contributed by atoms with Crippen molar-refractivity contribution in [1.82, 2.24) is 4.90 Å². The van der Waals surface area contributed by atoms with Crippen LogP contribution in [0.3, 0.4) is 0 Å². The number of nitrogens with zero attached hydrogens (tertiary/aromatic N) is 1. The van der Waals surface area contributed by atoms with Crippen LogP contribution in [0.15, 0.2) is 0 Å². The molecule has 1 heterocycles. The minimum atomic E-state index is 0.110. The highest BCUT2D eigenvalue weighted by molar-refractivity contribution is 5.01. The monoisotopic (exact) mass is 272 g/mol. The van der Waals surface area contributed by atoms with E-state index in [1.54, 1.807) is 21.3 Å². The van der Waals surface area contributed by atoms with Crippen molar-refractivity contribution in [2.24, 2.45) is 5.73 Å². The fourth-order valence-electron chi connectivity index (χ4n) is 3.60. The molecule has 1 saturated heterocycles. The fraction of sp³-hybridized carbons (Fsp3) is 1.00. The van der Waals surface area contributed by atoms with Crippen LogP contribution in [0.2, 0.25) is 0 Å². The first-order valence-electron chi connectivity index (χ1n) is 7.22. The number of hydrogen-bond donors (Lipinski definition) is 1. The molecule has 0 bridgehead atoms. The van der Waals surface area contributed by atoms with E-state index in [2.05, 4.69) is 4.90 Å². The van der Waals surface area contributed by atoms with Gasteiger partial charge >= 0.3 is 0 Å². The molecule has 1 saturated carbocycles. The first-order valence-corrected chi connectivity index (χ1v) is 7.22. The number of ether oxygens (including phenoxy) is 3. The maximum atomic E-state index is 6.11. The predicted molar refractivity (Wildman–Crippen MR) is 74.2 cm³/mol. The quantitative estimate of drug-likeness (QED) is 0.795. The Morgan fingerprint density at radius 3 is 1.89 bits per heavy atom. The van der Waals surface area contributed by atoms with Gasteiger partial charge in [0, 0.05) is 46.5 Å². The van der Waals surface area contributed by atoms with E-state index >= 15 is 0 Å². The van der Waals surface area contributed by atoms with Gasteiger partial charge in [-0.05, 0) is 25.7 Å². The van der Waals surface area contributed by atoms with Crippen LogP contribution >= 0.6 is 0 Å². The van der Waals surface area contributed by atoms with Crippen LogP contribution in [-0.2, 0) is 14.2 Å². The van der Waals surface area contributed by atoms with Crippen molar-refractivity contribution in [1.29, 1.82) is 0 Å². The lowest BCUT2D eigenvalue weighted by atomic mass is 9.79. The SMILES string of the molecule is COC1CCC(CN)(N2CC(OC)C(OC)C2)CC1. The van der Waals surface area contributed by atoms with Gasteiger partial charge in [-0.15, -0.1) is 0 Å². The molecule has 1 aliphatic heterocycles. The third kappa shape index (κ3) is 2.95. The van der Waals surface area contributed by atoms with Crippen molar-refractivity contribution in [3.8, 4) is 0 Å². The van der Waals surface area contributed by atoms with E-state index in [4.69, 9.17) is 19.9 Å². The second-order valence-electron chi connectivity index (χ2n) is 5.82. The Hall–Kier alpha value is -0.200. The summed E-state index contributed by atoms with van der Waals surface area (Å²) in [4.78, 5) is 2.49. The molecule has 19 heavy (non-hydrogen) atoms. The molecular formula is C14H28N2O3. The molecule has 0 aromatic heterocycles. The highest BCUT2D eigenvalue weighted by atomic mass is 16.5. The van der Waals surface area contributed by atoms with Gasteiger partial charge in [-0.1, -0.05) is 0 Å². The molecule has 5 nitrogen and oxygen atoms in total. The second kappa shape index (κ2) is 6.50. The Morgan fingerprint density at radius 1 is 1.00 bits per heavy atom. The summed E-state index contributed by atoms with van der Waals surface area (Å²) in [5.41, 5.74) is 6.22. The van der Waals surface area contributed by atoms with Crippen LogP contribution in [0.4, 0.5) is 0 Å². The normalized spacial score (nSPS) is 40.7. The van der Waals surface area contributed by atoms with Crippen molar-refractivity contribution < 1.29 is 14.2 Å². The van der Waals surface area contributed by atoms with Gasteiger partial charge in [0.15, 0.2) is 0 Å². The van der Waals surface area contributed by atoms with Crippen LogP contribution in [0.5, 0.6) is 0 Å². The smallest absolute Gasteiger partial charge is 0.0972 e. The van der Waals surface area contributed by atoms with E-state index < -0.39 is 0 Å². The lowest BCUT2D eigenvalue weighted by Crippen LogP contribution is -2.56. The zero-order valence-corrected chi connectivity index (χ0v) is 12.4. The minimum Gasteiger partial charge on any atom is -0.381 e. The summed E-state index contributed by atoms with van der Waals surface area (Å²) < 4.78 is 16.5. The molecule has 1 aliphatic carbocycles. The Balaban J connectivity index is 2.02. The summed E-state index contributed by atoms with van der Waals surface area (Å²) in [6.45, 7) is 2.55. The maximum absolute atomic E-state index is 6.11. The first kappa shape index (κ1) is 15.2. The lowest BCUT2D eigenvalue weighted by Gasteiger charge is -2.45. The highest BCUT2D eigenvalue weighted by Gasteiger charge is 2.45. The molecular weight excluding hydrogens is 244 g/mol. The summed E-state index contributed by atoms with van der Waals surface area (Å²) in [5, 5.41) is 0. The van der Waals surface area contributed by atoms with Crippen LogP contribution in [0, 0.1) is 0 Å². The zero-order chi connectivity index (χ0) is 13.9. The van der Waals surface area contributed by atoms with Gasteiger partial charge in [-0.2, -0.15) is 0 Å². The van der Waals surface area contributed by atoms with Crippen LogP contribution in [0.1, 0.15) is 25.7 Å². The van der Waals surface area contributed by atoms with Gasteiger partial charge in [0.05, 0.1) is 18.3 Å². The predicted octanol–water partition coefficient (Wildman–Crippen LogP) is 0.619. The van der Waals surface area contributed by atoms with E-state index in [1.165, 1.54) is 0 Å². The standard InChI is InChI=1S/C14H28N2O3/c1-17-11-4-6-14(10-15,7-5-11)16-8-12(18-2)13(9-16)19-3/h11-13H,4-10,15H2,1-3H3. The van der Waals surface area contributed by atoms with Crippen molar-refractivity contribution >= 4 is 0 Å². The molecule has 2 aliphatic rings. The molecule has 2 fully saturated rings. The number of likely N-dealkylation sites (tertiary alicyclic amines) is 1. The highest BCUT2D eigenvalue weighted by Crippen LogP contribution is 2.37. The molecule has 0 aromatic carbocycles. The summed E-state index contributed by atoms with van der Waals surface area (Å²) >= 11 is 0. The van der Waals surface area contributed by atoms with Gasteiger partial charge in [0.1, 0.15) is 0 Å². The van der Waals surface area contributed by atoms with E-state index in [0.717, 1.165) is 38.8 Å². The van der Waals surface area contributed by atoms with Crippen molar-refractivity contribution in [3.05, 3.63) is 0 Å². The Labute approximate surface area is 116 Å². The molecule has 2 atom stereocenters. The largest absolute Gasteiger partial charge is 0.381 e. The second-order valence-corrected chi connectivity index (χ2v) is 5.82. The Bertz CT molecular complexity index is 268. The zero-order valence-electron chi connectivity index (χ0n) is 12.4. The molecule has 112 valence electrons. The average Bonchev–Trinajstić information content (AvgIpc) is 2.91. The fourth-order valence-corrected chi connectivity index (χ4v) is 3.60. The van der Waals surface area contributed by atoms with Gasteiger partial charge in [0.2, 0.25) is 0 Å². The topological polar surface area (TPSA) is 57.0 Å². The lowest BCUT2D eigenvalue weighted by molar-refractivity contribution is -0.00461. The maximum Gasteiger partial charge on any atom is 0.0972 e. The third-order valence-electron chi connectivity index (χ3n) is 5.07. The van der Waals surface area contributed by atoms with Gasteiger partial charge in [0.25, 0.3) is 0 Å². The van der Waals surface area contributed by atoms with Gasteiger partial charge in [-0.3, -0.25) is 4.90 Å². The molecule has 2 N–H and O–H groups in total. The van der Waals surface area contributed by atoms with Crippen molar-refractivity contribution in [2.75, 3.05) is 41.0 Å². The average molecular weight is 272 g/mol. The van der Waals surface area contributed by atoms with Gasteiger partial charge < -0.3 is 19.9 Å². The molecule has 0 aromatic rings. The summed E-state index contributed by atoms with van der Waals surface area (Å²) in [7, 11) is 5.33. The molecule has 5 heteroatoms. The number of rotatable bonds is 5. The summed E-state index contributed by atoms with van der Waals surface area (Å²) in [5.74, 6) is 0. The minimum absolute atomic E-state index is 0.110. The summed E-state index contributed by atoms with van der Waals surface area (Å²) in [6, 6.07) is 0. The van der Waals surface area contributed by atoms with E-state index in [9.17, 15) is 0 Å². The Kier molecular flexibility index (Phi) is 5.20. The number of hydrogen-bond acceptors (Lipinski definition) is 5. The van der Waals surface area contributed by atoms with Crippen LogP contribution < -0.4 is 5.73 Å². The van der Waals surface area contributed by atoms with Gasteiger partial charge in [-0.25, -0.2) is 0 Å². The molecule has 2 unspecified atom stereocenters. The van der Waals surface area contributed by atoms with Crippen LogP contribution in [-0.4, -0.2) is 69.7 Å². The molecule has 0 spiro atoms. The first-order chi connectivity index (χ1) is 9.19. The van der Waals surface area contributed by atoms with E-state index in [-0.39, 0.29) is 17.7 Å². The van der Waals surface area contributed by atoms with Crippen molar-refractivity contribution in [3.63, 3.8) is 0 Å². The number of nitrogens with two attached hydrogens (primary N) is 1.